The van der Waals surface area contributed by atoms with Crippen LogP contribution in [-0.4, -0.2) is 4.98 Å². The Morgan fingerprint density at radius 3 is 2.25 bits per heavy atom. The van der Waals surface area contributed by atoms with E-state index in [9.17, 15) is 0 Å². The standard InChI is InChI=1S/C4H7N3O/c1-2-3(5)8-4(6)7-2/h5H2,1H3,(H2,6,7). The lowest BCUT2D eigenvalue weighted by Crippen LogP contribution is -1.82. The molecule has 4 N–H and O–H groups in total. The zero-order valence-corrected chi connectivity index (χ0v) is 4.51. The van der Waals surface area contributed by atoms with Crippen LogP contribution >= 0.6 is 0 Å². The van der Waals surface area contributed by atoms with Crippen LogP contribution in [0.3, 0.4) is 0 Å². The highest BCUT2D eigenvalue weighted by molar-refractivity contribution is 5.34. The summed E-state index contributed by atoms with van der Waals surface area (Å²) in [6.07, 6.45) is 0. The Balaban J connectivity index is 3.14. The minimum Gasteiger partial charge on any atom is -0.408 e. The normalized spacial score (nSPS) is 9.62. The van der Waals surface area contributed by atoms with Gasteiger partial charge in [-0.2, -0.15) is 4.98 Å². The highest BCUT2D eigenvalue weighted by Gasteiger charge is 1.99. The largest absolute Gasteiger partial charge is 0.408 e. The molecule has 0 fully saturated rings. The highest BCUT2D eigenvalue weighted by Crippen LogP contribution is 2.11. The van der Waals surface area contributed by atoms with Gasteiger partial charge in [-0.15, -0.1) is 0 Å². The summed E-state index contributed by atoms with van der Waals surface area (Å²) in [7, 11) is 0. The van der Waals surface area contributed by atoms with E-state index in [-0.39, 0.29) is 6.01 Å². The second-order valence-electron chi connectivity index (χ2n) is 1.50. The first-order valence-electron chi connectivity index (χ1n) is 2.18. The molecule has 0 bridgehead atoms. The molecule has 0 aliphatic rings. The van der Waals surface area contributed by atoms with E-state index in [0.29, 0.717) is 11.6 Å². The topological polar surface area (TPSA) is 78.1 Å². The van der Waals surface area contributed by atoms with Gasteiger partial charge in [-0.3, -0.25) is 0 Å². The van der Waals surface area contributed by atoms with Gasteiger partial charge in [0.15, 0.2) is 0 Å². The van der Waals surface area contributed by atoms with Crippen LogP contribution in [-0.2, 0) is 0 Å². The van der Waals surface area contributed by atoms with Gasteiger partial charge in [-0.1, -0.05) is 0 Å². The lowest BCUT2D eigenvalue weighted by atomic mass is 10.5. The molecule has 44 valence electrons. The number of anilines is 2. The van der Waals surface area contributed by atoms with Gasteiger partial charge in [-0.05, 0) is 6.92 Å². The summed E-state index contributed by atoms with van der Waals surface area (Å²) in [5.74, 6) is 0.294. The second kappa shape index (κ2) is 1.40. The zero-order valence-electron chi connectivity index (χ0n) is 4.51. The molecule has 8 heavy (non-hydrogen) atoms. The van der Waals surface area contributed by atoms with Gasteiger partial charge in [0.2, 0.25) is 5.88 Å². The first kappa shape index (κ1) is 4.96. The molecule has 0 atom stereocenters. The molecule has 0 radical (unpaired) electrons. The Morgan fingerprint density at radius 1 is 1.50 bits per heavy atom. The molecule has 0 spiro atoms. The van der Waals surface area contributed by atoms with E-state index < -0.39 is 0 Å². The summed E-state index contributed by atoms with van der Waals surface area (Å²) in [6, 6.07) is 0.125. The fourth-order valence-electron chi connectivity index (χ4n) is 0.430. The predicted molar refractivity (Wildman–Crippen MR) is 30.1 cm³/mol. The Morgan fingerprint density at radius 2 is 2.12 bits per heavy atom. The molecule has 1 heterocycles. The van der Waals surface area contributed by atoms with Crippen LogP contribution in [0.5, 0.6) is 0 Å². The average Bonchev–Trinajstić information content (AvgIpc) is 1.85. The van der Waals surface area contributed by atoms with Gasteiger partial charge < -0.3 is 15.9 Å². The monoisotopic (exact) mass is 113 g/mol. The second-order valence-corrected chi connectivity index (χ2v) is 1.50. The number of aryl methyl sites for hydroxylation is 1. The molecule has 0 saturated carbocycles. The number of nitrogens with two attached hydrogens (primary N) is 2. The van der Waals surface area contributed by atoms with Gasteiger partial charge >= 0.3 is 0 Å². The lowest BCUT2D eigenvalue weighted by Gasteiger charge is -1.77. The molecule has 1 aromatic rings. The van der Waals surface area contributed by atoms with E-state index in [1.165, 1.54) is 0 Å². The number of hydrogen-bond donors (Lipinski definition) is 2. The van der Waals surface area contributed by atoms with Crippen LogP contribution < -0.4 is 11.5 Å². The molecular formula is C4H7N3O. The first-order valence-corrected chi connectivity index (χ1v) is 2.18. The summed E-state index contributed by atoms with van der Waals surface area (Å²) in [4.78, 5) is 3.70. The van der Waals surface area contributed by atoms with Crippen molar-refractivity contribution in [3.8, 4) is 0 Å². The summed E-state index contributed by atoms with van der Waals surface area (Å²) in [6.45, 7) is 1.73. The van der Waals surface area contributed by atoms with Crippen molar-refractivity contribution in [3.63, 3.8) is 0 Å². The molecule has 0 aliphatic carbocycles. The SMILES string of the molecule is Cc1nc(N)oc1N. The maximum Gasteiger partial charge on any atom is 0.293 e. The number of aromatic nitrogens is 1. The van der Waals surface area contributed by atoms with Crippen molar-refractivity contribution < 1.29 is 4.42 Å². The Kier molecular flexibility index (Phi) is 0.865. The molecule has 0 aliphatic heterocycles. The predicted octanol–water partition coefficient (Wildman–Crippen LogP) is 0.147. The van der Waals surface area contributed by atoms with Gasteiger partial charge in [0.05, 0.1) is 0 Å². The fraction of sp³-hybridized carbons (Fsp3) is 0.250. The van der Waals surface area contributed by atoms with Crippen molar-refractivity contribution in [2.24, 2.45) is 0 Å². The van der Waals surface area contributed by atoms with Crippen LogP contribution in [0.25, 0.3) is 0 Å². The molecule has 1 aromatic heterocycles. The number of rotatable bonds is 0. The van der Waals surface area contributed by atoms with Crippen LogP contribution in [0.4, 0.5) is 11.9 Å². The third-order valence-corrected chi connectivity index (χ3v) is 0.849. The van der Waals surface area contributed by atoms with E-state index >= 15 is 0 Å². The molecule has 4 heteroatoms. The van der Waals surface area contributed by atoms with Gasteiger partial charge in [0, 0.05) is 0 Å². The number of oxazole rings is 1. The van der Waals surface area contributed by atoms with E-state index in [1.54, 1.807) is 6.92 Å². The molecule has 0 amide bonds. The van der Waals surface area contributed by atoms with Crippen molar-refractivity contribution in [1.29, 1.82) is 0 Å². The van der Waals surface area contributed by atoms with E-state index in [2.05, 4.69) is 9.40 Å². The average molecular weight is 113 g/mol. The summed E-state index contributed by atoms with van der Waals surface area (Å²) in [5.41, 5.74) is 11.0. The summed E-state index contributed by atoms with van der Waals surface area (Å²) in [5, 5.41) is 0. The maximum atomic E-state index is 5.23. The van der Waals surface area contributed by atoms with Gasteiger partial charge in [-0.25, -0.2) is 0 Å². The van der Waals surface area contributed by atoms with Crippen molar-refractivity contribution in [1.82, 2.24) is 4.98 Å². The third kappa shape index (κ3) is 0.598. The van der Waals surface area contributed by atoms with Crippen molar-refractivity contribution in [3.05, 3.63) is 5.69 Å². The van der Waals surface area contributed by atoms with Gasteiger partial charge in [0.25, 0.3) is 6.01 Å². The van der Waals surface area contributed by atoms with Crippen LogP contribution in [0.2, 0.25) is 0 Å². The van der Waals surface area contributed by atoms with Gasteiger partial charge in [0.1, 0.15) is 5.69 Å². The zero-order chi connectivity index (χ0) is 6.15. The van der Waals surface area contributed by atoms with Crippen molar-refractivity contribution >= 4 is 11.9 Å². The van der Waals surface area contributed by atoms with Crippen molar-refractivity contribution in [2.75, 3.05) is 11.5 Å². The fourth-order valence-corrected chi connectivity index (χ4v) is 0.430. The number of nitrogens with zero attached hydrogens (tertiary/aromatic N) is 1. The Labute approximate surface area is 46.5 Å². The molecular weight excluding hydrogens is 106 g/mol. The molecule has 4 nitrogen and oxygen atoms in total. The smallest absolute Gasteiger partial charge is 0.293 e. The molecule has 0 aromatic carbocycles. The van der Waals surface area contributed by atoms with E-state index in [1.807, 2.05) is 0 Å². The number of hydrogen-bond acceptors (Lipinski definition) is 4. The van der Waals surface area contributed by atoms with Crippen molar-refractivity contribution in [2.45, 2.75) is 6.92 Å². The quantitative estimate of drug-likeness (QED) is 0.502. The van der Waals surface area contributed by atoms with Crippen LogP contribution in [0.1, 0.15) is 5.69 Å². The minimum absolute atomic E-state index is 0.125. The Bertz CT molecular complexity index is 174. The maximum absolute atomic E-state index is 5.23. The molecule has 0 saturated heterocycles. The number of nitrogen functional groups attached to an aromatic ring is 2. The third-order valence-electron chi connectivity index (χ3n) is 0.849. The lowest BCUT2D eigenvalue weighted by molar-refractivity contribution is 0.599. The summed E-state index contributed by atoms with van der Waals surface area (Å²) >= 11 is 0. The van der Waals surface area contributed by atoms with E-state index in [4.69, 9.17) is 11.5 Å². The van der Waals surface area contributed by atoms with Crippen LogP contribution in [0, 0.1) is 6.92 Å². The van der Waals surface area contributed by atoms with Crippen LogP contribution in [0.15, 0.2) is 4.42 Å². The Hall–Kier alpha value is -1.19. The molecule has 1 rings (SSSR count). The highest BCUT2D eigenvalue weighted by atomic mass is 16.4. The van der Waals surface area contributed by atoms with E-state index in [0.717, 1.165) is 0 Å². The summed E-state index contributed by atoms with van der Waals surface area (Å²) < 4.78 is 4.66. The first-order chi connectivity index (χ1) is 3.70. The minimum atomic E-state index is 0.125. The molecule has 0 unspecified atom stereocenters.